The SMILES string of the molecule is O=C(CC1CCC(F)(F)C1)Nc1ncc(-c2ccccc2)cn1. The zero-order valence-corrected chi connectivity index (χ0v) is 12.5. The van der Waals surface area contributed by atoms with Crippen molar-refractivity contribution in [1.29, 1.82) is 0 Å². The number of amides is 1. The van der Waals surface area contributed by atoms with Crippen molar-refractivity contribution in [1.82, 2.24) is 9.97 Å². The van der Waals surface area contributed by atoms with Crippen molar-refractivity contribution in [3.8, 4) is 11.1 Å². The second kappa shape index (κ2) is 6.40. The zero-order chi connectivity index (χ0) is 16.3. The summed E-state index contributed by atoms with van der Waals surface area (Å²) in [7, 11) is 0. The number of nitrogens with one attached hydrogen (secondary N) is 1. The van der Waals surface area contributed by atoms with Crippen LogP contribution in [0.3, 0.4) is 0 Å². The van der Waals surface area contributed by atoms with Gasteiger partial charge in [0.05, 0.1) is 0 Å². The Bertz CT molecular complexity index is 674. The molecule has 1 aromatic heterocycles. The third kappa shape index (κ3) is 4.09. The monoisotopic (exact) mass is 317 g/mol. The van der Waals surface area contributed by atoms with E-state index in [0.29, 0.717) is 6.42 Å². The molecule has 0 radical (unpaired) electrons. The summed E-state index contributed by atoms with van der Waals surface area (Å²) in [4.78, 5) is 20.1. The number of hydrogen-bond donors (Lipinski definition) is 1. The maximum absolute atomic E-state index is 13.1. The highest BCUT2D eigenvalue weighted by atomic mass is 19.3. The Balaban J connectivity index is 1.57. The number of alkyl halides is 2. The van der Waals surface area contributed by atoms with Crippen LogP contribution in [-0.4, -0.2) is 21.8 Å². The Hall–Kier alpha value is -2.37. The summed E-state index contributed by atoms with van der Waals surface area (Å²) in [6.45, 7) is 0. The predicted octanol–water partition coefficient (Wildman–Crippen LogP) is 3.91. The molecule has 0 bridgehead atoms. The molecule has 3 rings (SSSR count). The molecule has 1 N–H and O–H groups in total. The molecule has 1 saturated carbocycles. The predicted molar refractivity (Wildman–Crippen MR) is 83.0 cm³/mol. The van der Waals surface area contributed by atoms with Crippen LogP contribution in [0.25, 0.3) is 11.1 Å². The fraction of sp³-hybridized carbons (Fsp3) is 0.353. The highest BCUT2D eigenvalue weighted by Crippen LogP contribution is 2.40. The lowest BCUT2D eigenvalue weighted by molar-refractivity contribution is -0.117. The average molecular weight is 317 g/mol. The molecular weight excluding hydrogens is 300 g/mol. The lowest BCUT2D eigenvalue weighted by atomic mass is 10.0. The molecule has 1 aliphatic rings. The summed E-state index contributed by atoms with van der Waals surface area (Å²) in [6, 6.07) is 9.64. The summed E-state index contributed by atoms with van der Waals surface area (Å²) >= 11 is 0. The third-order valence-electron chi connectivity index (χ3n) is 3.99. The molecule has 6 heteroatoms. The number of hydrogen-bond acceptors (Lipinski definition) is 3. The Labute approximate surface area is 133 Å². The van der Waals surface area contributed by atoms with Crippen molar-refractivity contribution >= 4 is 11.9 Å². The van der Waals surface area contributed by atoms with Gasteiger partial charge in [0.1, 0.15) is 0 Å². The number of carbonyl (C=O) groups excluding carboxylic acids is 1. The first-order chi connectivity index (χ1) is 11.0. The van der Waals surface area contributed by atoms with Gasteiger partial charge in [0.15, 0.2) is 0 Å². The molecule has 23 heavy (non-hydrogen) atoms. The highest BCUT2D eigenvalue weighted by molar-refractivity contribution is 5.89. The second-order valence-corrected chi connectivity index (χ2v) is 5.88. The zero-order valence-electron chi connectivity index (χ0n) is 12.5. The van der Waals surface area contributed by atoms with E-state index >= 15 is 0 Å². The van der Waals surface area contributed by atoms with Gasteiger partial charge in [-0.25, -0.2) is 18.7 Å². The number of aromatic nitrogens is 2. The maximum atomic E-state index is 13.1. The molecule has 1 fully saturated rings. The van der Waals surface area contributed by atoms with Crippen LogP contribution >= 0.6 is 0 Å². The second-order valence-electron chi connectivity index (χ2n) is 5.88. The number of nitrogens with zero attached hydrogens (tertiary/aromatic N) is 2. The van der Waals surface area contributed by atoms with Crippen LogP contribution in [-0.2, 0) is 4.79 Å². The summed E-state index contributed by atoms with van der Waals surface area (Å²) < 4.78 is 26.2. The molecule has 1 atom stereocenters. The van der Waals surface area contributed by atoms with Crippen LogP contribution in [0.4, 0.5) is 14.7 Å². The van der Waals surface area contributed by atoms with Gasteiger partial charge in [-0.3, -0.25) is 10.1 Å². The van der Waals surface area contributed by atoms with Gasteiger partial charge >= 0.3 is 0 Å². The molecule has 1 aliphatic carbocycles. The van der Waals surface area contributed by atoms with E-state index in [0.717, 1.165) is 11.1 Å². The van der Waals surface area contributed by atoms with E-state index in [1.54, 1.807) is 12.4 Å². The van der Waals surface area contributed by atoms with Gasteiger partial charge in [0, 0.05) is 37.2 Å². The number of anilines is 1. The first-order valence-electron chi connectivity index (χ1n) is 7.57. The van der Waals surface area contributed by atoms with Crippen LogP contribution in [0.15, 0.2) is 42.7 Å². The van der Waals surface area contributed by atoms with Crippen molar-refractivity contribution in [3.05, 3.63) is 42.7 Å². The van der Waals surface area contributed by atoms with Crippen LogP contribution in [0.2, 0.25) is 0 Å². The standard InChI is InChI=1S/C17H17F2N3O/c18-17(19)7-6-12(9-17)8-15(23)22-16-20-10-14(11-21-16)13-4-2-1-3-5-13/h1-5,10-12H,6-9H2,(H,20,21,22,23). The lowest BCUT2D eigenvalue weighted by Crippen LogP contribution is -2.18. The fourth-order valence-corrected chi connectivity index (χ4v) is 2.83. The quantitative estimate of drug-likeness (QED) is 0.930. The lowest BCUT2D eigenvalue weighted by Gasteiger charge is -2.10. The molecule has 1 heterocycles. The van der Waals surface area contributed by atoms with Gasteiger partial charge in [-0.2, -0.15) is 0 Å². The molecule has 0 aliphatic heterocycles. The number of rotatable bonds is 4. The van der Waals surface area contributed by atoms with Crippen LogP contribution in [0.1, 0.15) is 25.7 Å². The first kappa shape index (κ1) is 15.5. The van der Waals surface area contributed by atoms with Crippen molar-refractivity contribution in [3.63, 3.8) is 0 Å². The van der Waals surface area contributed by atoms with Crippen molar-refractivity contribution in [2.45, 2.75) is 31.6 Å². The fourth-order valence-electron chi connectivity index (χ4n) is 2.83. The van der Waals surface area contributed by atoms with Crippen LogP contribution < -0.4 is 5.32 Å². The molecule has 120 valence electrons. The van der Waals surface area contributed by atoms with E-state index in [1.807, 2.05) is 30.3 Å². The summed E-state index contributed by atoms with van der Waals surface area (Å²) in [5.41, 5.74) is 1.83. The first-order valence-corrected chi connectivity index (χ1v) is 7.57. The van der Waals surface area contributed by atoms with Crippen molar-refractivity contribution in [2.75, 3.05) is 5.32 Å². The van der Waals surface area contributed by atoms with Crippen molar-refractivity contribution < 1.29 is 13.6 Å². The van der Waals surface area contributed by atoms with Gasteiger partial charge in [0.2, 0.25) is 17.8 Å². The number of halogens is 2. The summed E-state index contributed by atoms with van der Waals surface area (Å²) in [5.74, 6) is -3.02. The molecule has 0 saturated heterocycles. The van der Waals surface area contributed by atoms with E-state index < -0.39 is 5.92 Å². The number of benzene rings is 1. The van der Waals surface area contributed by atoms with Crippen LogP contribution in [0.5, 0.6) is 0 Å². The average Bonchev–Trinajstić information content (AvgIpc) is 2.87. The molecular formula is C17H17F2N3O. The van der Waals surface area contributed by atoms with Gasteiger partial charge in [-0.15, -0.1) is 0 Å². The van der Waals surface area contributed by atoms with E-state index in [4.69, 9.17) is 0 Å². The molecule has 4 nitrogen and oxygen atoms in total. The third-order valence-corrected chi connectivity index (χ3v) is 3.99. The van der Waals surface area contributed by atoms with Gasteiger partial charge in [0.25, 0.3) is 0 Å². The van der Waals surface area contributed by atoms with E-state index in [1.165, 1.54) is 0 Å². The van der Waals surface area contributed by atoms with E-state index in [2.05, 4.69) is 15.3 Å². The Morgan fingerprint density at radius 2 is 1.87 bits per heavy atom. The topological polar surface area (TPSA) is 54.9 Å². The minimum absolute atomic E-state index is 0.0827. The molecule has 1 amide bonds. The number of carbonyl (C=O) groups is 1. The Kier molecular flexibility index (Phi) is 4.32. The maximum Gasteiger partial charge on any atom is 0.248 e. The van der Waals surface area contributed by atoms with E-state index in [-0.39, 0.29) is 37.0 Å². The smallest absolute Gasteiger partial charge is 0.248 e. The Morgan fingerprint density at radius 3 is 2.48 bits per heavy atom. The normalized spacial score (nSPS) is 19.5. The molecule has 0 spiro atoms. The van der Waals surface area contributed by atoms with Gasteiger partial charge < -0.3 is 0 Å². The van der Waals surface area contributed by atoms with Crippen molar-refractivity contribution in [2.24, 2.45) is 5.92 Å². The molecule has 1 unspecified atom stereocenters. The van der Waals surface area contributed by atoms with Gasteiger partial charge in [-0.1, -0.05) is 30.3 Å². The molecule has 2 aromatic rings. The minimum Gasteiger partial charge on any atom is -0.295 e. The largest absolute Gasteiger partial charge is 0.295 e. The minimum atomic E-state index is -2.63. The summed E-state index contributed by atoms with van der Waals surface area (Å²) in [5, 5.41) is 2.57. The van der Waals surface area contributed by atoms with Crippen LogP contribution in [0, 0.1) is 5.92 Å². The molecule has 1 aromatic carbocycles. The van der Waals surface area contributed by atoms with E-state index in [9.17, 15) is 13.6 Å². The Morgan fingerprint density at radius 1 is 1.17 bits per heavy atom. The van der Waals surface area contributed by atoms with Gasteiger partial charge in [-0.05, 0) is 17.9 Å². The highest BCUT2D eigenvalue weighted by Gasteiger charge is 2.39. The summed E-state index contributed by atoms with van der Waals surface area (Å²) in [6.07, 6.45) is 3.37.